The maximum absolute atomic E-state index is 5.32. The van der Waals surface area contributed by atoms with Crippen molar-refractivity contribution < 1.29 is 4.74 Å². The Labute approximate surface area is 84.0 Å². The van der Waals surface area contributed by atoms with Crippen molar-refractivity contribution in [2.45, 2.75) is 6.92 Å². The van der Waals surface area contributed by atoms with Gasteiger partial charge in [-0.05, 0) is 24.7 Å². The van der Waals surface area contributed by atoms with Crippen LogP contribution in [0.5, 0.6) is 0 Å². The molecule has 0 aliphatic carbocycles. The third-order valence-corrected chi connectivity index (χ3v) is 1.81. The van der Waals surface area contributed by atoms with Crippen molar-refractivity contribution >= 4 is 17.3 Å². The van der Waals surface area contributed by atoms with Crippen molar-refractivity contribution in [3.05, 3.63) is 48.0 Å². The van der Waals surface area contributed by atoms with E-state index in [1.165, 1.54) is 0 Å². The highest BCUT2D eigenvalue weighted by molar-refractivity contribution is 7.80. The Bertz CT molecular complexity index is 303. The van der Waals surface area contributed by atoms with Crippen molar-refractivity contribution in [3.8, 4) is 0 Å². The van der Waals surface area contributed by atoms with Crippen molar-refractivity contribution in [3.63, 3.8) is 0 Å². The first-order valence-electron chi connectivity index (χ1n) is 4.06. The Morgan fingerprint density at radius 2 is 2.00 bits per heavy atom. The molecule has 68 valence electrons. The minimum Gasteiger partial charge on any atom is -0.478 e. The van der Waals surface area contributed by atoms with Gasteiger partial charge in [0.25, 0.3) is 0 Å². The molecule has 0 aromatic heterocycles. The fourth-order valence-electron chi connectivity index (χ4n) is 0.846. The zero-order valence-electron chi connectivity index (χ0n) is 7.62. The maximum atomic E-state index is 5.32. The molecule has 0 saturated carbocycles. The highest BCUT2D eigenvalue weighted by Gasteiger charge is 1.99. The van der Waals surface area contributed by atoms with E-state index in [4.69, 9.17) is 17.0 Å². The van der Waals surface area contributed by atoms with Gasteiger partial charge in [0.15, 0.2) is 5.05 Å². The highest BCUT2D eigenvalue weighted by Crippen LogP contribution is 2.03. The van der Waals surface area contributed by atoms with Gasteiger partial charge in [0, 0.05) is 5.56 Å². The number of thiocarbonyl (C=S) groups is 1. The molecule has 0 radical (unpaired) electrons. The average Bonchev–Trinajstić information content (AvgIpc) is 2.15. The first-order valence-corrected chi connectivity index (χ1v) is 4.47. The van der Waals surface area contributed by atoms with Crippen LogP contribution in [0.3, 0.4) is 0 Å². The molecule has 0 heterocycles. The van der Waals surface area contributed by atoms with Gasteiger partial charge in [-0.15, -0.1) is 0 Å². The Hall–Kier alpha value is -1.15. The van der Waals surface area contributed by atoms with Crippen LogP contribution in [0.25, 0.3) is 0 Å². The van der Waals surface area contributed by atoms with Crippen LogP contribution in [0, 0.1) is 0 Å². The van der Waals surface area contributed by atoms with Crippen molar-refractivity contribution in [1.82, 2.24) is 0 Å². The van der Waals surface area contributed by atoms with Crippen molar-refractivity contribution in [2.75, 3.05) is 6.61 Å². The highest BCUT2D eigenvalue weighted by atomic mass is 32.1. The topological polar surface area (TPSA) is 9.23 Å². The summed E-state index contributed by atoms with van der Waals surface area (Å²) in [5.41, 5.74) is 1.91. The molecule has 2 heteroatoms. The molecule has 0 spiro atoms. The number of ether oxygens (including phenoxy) is 1. The maximum Gasteiger partial charge on any atom is 0.191 e. The fraction of sp³-hybridized carbons (Fsp3) is 0.182. The lowest BCUT2D eigenvalue weighted by Crippen LogP contribution is -2.04. The lowest BCUT2D eigenvalue weighted by Gasteiger charge is -2.06. The van der Waals surface area contributed by atoms with Crippen LogP contribution in [0.2, 0.25) is 0 Å². The molecule has 0 amide bonds. The van der Waals surface area contributed by atoms with Crippen LogP contribution in [-0.2, 0) is 4.74 Å². The van der Waals surface area contributed by atoms with Crippen LogP contribution in [0.15, 0.2) is 42.5 Å². The molecule has 0 atom stereocenters. The van der Waals surface area contributed by atoms with Crippen LogP contribution in [0.4, 0.5) is 0 Å². The smallest absolute Gasteiger partial charge is 0.191 e. The third kappa shape index (κ3) is 3.38. The molecule has 0 aliphatic heterocycles. The van der Waals surface area contributed by atoms with E-state index in [2.05, 4.69) is 6.58 Å². The molecule has 0 unspecified atom stereocenters. The Balaban J connectivity index is 2.54. The first-order chi connectivity index (χ1) is 6.20. The average molecular weight is 192 g/mol. The van der Waals surface area contributed by atoms with E-state index in [9.17, 15) is 0 Å². The van der Waals surface area contributed by atoms with Gasteiger partial charge >= 0.3 is 0 Å². The second-order valence-corrected chi connectivity index (χ2v) is 3.27. The van der Waals surface area contributed by atoms with Crippen molar-refractivity contribution in [1.29, 1.82) is 0 Å². The summed E-state index contributed by atoms with van der Waals surface area (Å²) in [5.74, 6) is 0. The van der Waals surface area contributed by atoms with Crippen LogP contribution in [-0.4, -0.2) is 11.7 Å². The second kappa shape index (κ2) is 4.77. The lowest BCUT2D eigenvalue weighted by atomic mass is 10.2. The summed E-state index contributed by atoms with van der Waals surface area (Å²) in [7, 11) is 0. The fourth-order valence-corrected chi connectivity index (χ4v) is 1.04. The first kappa shape index (κ1) is 9.93. The van der Waals surface area contributed by atoms with E-state index < -0.39 is 0 Å². The third-order valence-electron chi connectivity index (χ3n) is 1.46. The summed E-state index contributed by atoms with van der Waals surface area (Å²) in [6.45, 7) is 6.14. The zero-order chi connectivity index (χ0) is 9.68. The molecule has 1 rings (SSSR count). The molecule has 0 aliphatic rings. The van der Waals surface area contributed by atoms with E-state index in [0.29, 0.717) is 11.7 Å². The van der Waals surface area contributed by atoms with Gasteiger partial charge in [-0.1, -0.05) is 36.9 Å². The molecule has 1 aromatic rings. The van der Waals surface area contributed by atoms with Gasteiger partial charge < -0.3 is 4.74 Å². The molecular formula is C11H12OS. The van der Waals surface area contributed by atoms with Gasteiger partial charge in [-0.25, -0.2) is 0 Å². The molecular weight excluding hydrogens is 180 g/mol. The van der Waals surface area contributed by atoms with E-state index in [1.807, 2.05) is 37.3 Å². The van der Waals surface area contributed by atoms with Gasteiger partial charge in [0.05, 0.1) is 0 Å². The minimum atomic E-state index is 0.494. The van der Waals surface area contributed by atoms with E-state index in [0.717, 1.165) is 11.1 Å². The number of hydrogen-bond donors (Lipinski definition) is 0. The Kier molecular flexibility index (Phi) is 3.65. The predicted molar refractivity (Wildman–Crippen MR) is 58.9 cm³/mol. The molecule has 1 nitrogen and oxygen atoms in total. The Morgan fingerprint density at radius 1 is 1.38 bits per heavy atom. The number of hydrogen-bond acceptors (Lipinski definition) is 2. The minimum absolute atomic E-state index is 0.494. The van der Waals surface area contributed by atoms with Crippen LogP contribution >= 0.6 is 12.2 Å². The number of benzene rings is 1. The van der Waals surface area contributed by atoms with E-state index in [-0.39, 0.29) is 0 Å². The van der Waals surface area contributed by atoms with E-state index >= 15 is 0 Å². The van der Waals surface area contributed by atoms with E-state index in [1.54, 1.807) is 0 Å². The SMILES string of the molecule is C=C(C)COC(=S)c1ccccc1. The van der Waals surface area contributed by atoms with Gasteiger partial charge in [-0.3, -0.25) is 0 Å². The molecule has 13 heavy (non-hydrogen) atoms. The predicted octanol–water partition coefficient (Wildman–Crippen LogP) is 2.95. The standard InChI is InChI=1S/C11H12OS/c1-9(2)8-12-11(13)10-6-4-3-5-7-10/h3-7H,1,8H2,2H3. The number of rotatable bonds is 3. The van der Waals surface area contributed by atoms with Crippen LogP contribution in [0.1, 0.15) is 12.5 Å². The summed E-state index contributed by atoms with van der Waals surface area (Å²) < 4.78 is 5.32. The zero-order valence-corrected chi connectivity index (χ0v) is 8.43. The molecule has 1 aromatic carbocycles. The monoisotopic (exact) mass is 192 g/mol. The molecule has 0 bridgehead atoms. The second-order valence-electron chi connectivity index (χ2n) is 2.90. The Morgan fingerprint density at radius 3 is 2.54 bits per heavy atom. The summed E-state index contributed by atoms with van der Waals surface area (Å²) in [6.07, 6.45) is 0. The largest absolute Gasteiger partial charge is 0.478 e. The van der Waals surface area contributed by atoms with Crippen molar-refractivity contribution in [2.24, 2.45) is 0 Å². The lowest BCUT2D eigenvalue weighted by molar-refractivity contribution is 0.350. The van der Waals surface area contributed by atoms with Crippen LogP contribution < -0.4 is 0 Å². The quantitative estimate of drug-likeness (QED) is 0.538. The van der Waals surface area contributed by atoms with Gasteiger partial charge in [0.2, 0.25) is 0 Å². The molecule has 0 saturated heterocycles. The summed E-state index contributed by atoms with van der Waals surface area (Å²) in [4.78, 5) is 0. The summed E-state index contributed by atoms with van der Waals surface area (Å²) in [6, 6.07) is 9.68. The normalized spacial score (nSPS) is 9.31. The summed E-state index contributed by atoms with van der Waals surface area (Å²) >= 11 is 5.08. The van der Waals surface area contributed by atoms with Gasteiger partial charge in [-0.2, -0.15) is 0 Å². The summed E-state index contributed by atoms with van der Waals surface area (Å²) in [5, 5.41) is 0.531. The molecule has 0 fully saturated rings. The molecule has 0 N–H and O–H groups in total. The van der Waals surface area contributed by atoms with Gasteiger partial charge in [0.1, 0.15) is 6.61 Å².